The minimum absolute atomic E-state index is 0.130. The monoisotopic (exact) mass is 239 g/mol. The van der Waals surface area contributed by atoms with Crippen molar-refractivity contribution in [2.24, 2.45) is 16.7 Å². The van der Waals surface area contributed by atoms with Crippen molar-refractivity contribution in [2.75, 3.05) is 13.2 Å². The van der Waals surface area contributed by atoms with Crippen molar-refractivity contribution in [1.82, 2.24) is 5.32 Å². The number of hydrogen-bond acceptors (Lipinski definition) is 3. The Bertz CT molecular complexity index is 309. The fourth-order valence-electron chi connectivity index (χ4n) is 4.21. The zero-order chi connectivity index (χ0) is 12.7. The van der Waals surface area contributed by atoms with E-state index in [9.17, 15) is 4.79 Å². The van der Waals surface area contributed by atoms with E-state index in [1.165, 1.54) is 19.3 Å². The van der Waals surface area contributed by atoms with Gasteiger partial charge in [-0.05, 0) is 42.9 Å². The van der Waals surface area contributed by atoms with Gasteiger partial charge in [0.25, 0.3) is 0 Å². The van der Waals surface area contributed by atoms with Crippen LogP contribution in [0.25, 0.3) is 0 Å². The van der Waals surface area contributed by atoms with Crippen LogP contribution in [-0.4, -0.2) is 25.2 Å². The highest BCUT2D eigenvalue weighted by molar-refractivity contribution is 5.71. The molecule has 0 aromatic rings. The Morgan fingerprint density at radius 2 is 2.12 bits per heavy atom. The van der Waals surface area contributed by atoms with Crippen molar-refractivity contribution < 1.29 is 9.53 Å². The zero-order valence-corrected chi connectivity index (χ0v) is 11.5. The second-order valence-electron chi connectivity index (χ2n) is 6.53. The van der Waals surface area contributed by atoms with Crippen LogP contribution in [0.2, 0.25) is 0 Å². The van der Waals surface area contributed by atoms with Gasteiger partial charge < -0.3 is 10.1 Å². The summed E-state index contributed by atoms with van der Waals surface area (Å²) in [6.07, 6.45) is 3.95. The van der Waals surface area contributed by atoms with Gasteiger partial charge in [0.2, 0.25) is 0 Å². The smallest absolute Gasteiger partial charge is 0.319 e. The van der Waals surface area contributed by atoms with Crippen molar-refractivity contribution in [3.8, 4) is 0 Å². The molecule has 0 saturated heterocycles. The van der Waals surface area contributed by atoms with Crippen molar-refractivity contribution in [3.63, 3.8) is 0 Å². The first-order chi connectivity index (χ1) is 7.90. The molecule has 0 spiro atoms. The molecule has 3 atom stereocenters. The fraction of sp³-hybridized carbons (Fsp3) is 0.929. The Balaban J connectivity index is 1.98. The van der Waals surface area contributed by atoms with Gasteiger partial charge in [-0.15, -0.1) is 0 Å². The lowest BCUT2D eigenvalue weighted by Gasteiger charge is -2.43. The van der Waals surface area contributed by atoms with Crippen molar-refractivity contribution in [3.05, 3.63) is 0 Å². The molecule has 2 aliphatic rings. The lowest BCUT2D eigenvalue weighted by atomic mass is 9.68. The molecule has 2 saturated carbocycles. The fourth-order valence-corrected chi connectivity index (χ4v) is 4.21. The average molecular weight is 239 g/mol. The van der Waals surface area contributed by atoms with E-state index in [4.69, 9.17) is 4.74 Å². The maximum Gasteiger partial charge on any atom is 0.319 e. The minimum atomic E-state index is -0.130. The Kier molecular flexibility index (Phi) is 3.23. The molecule has 0 aromatic carbocycles. The highest BCUT2D eigenvalue weighted by Crippen LogP contribution is 2.62. The van der Waals surface area contributed by atoms with Crippen LogP contribution in [0.3, 0.4) is 0 Å². The molecular formula is C14H25NO2. The van der Waals surface area contributed by atoms with Gasteiger partial charge in [0.15, 0.2) is 0 Å². The SMILES string of the molecule is CCOC(=O)CNC1C2(C)CCC(C2)C1(C)C. The van der Waals surface area contributed by atoms with E-state index in [-0.39, 0.29) is 5.97 Å². The van der Waals surface area contributed by atoms with Crippen molar-refractivity contribution in [2.45, 2.75) is 53.0 Å². The maximum absolute atomic E-state index is 11.4. The zero-order valence-electron chi connectivity index (χ0n) is 11.5. The topological polar surface area (TPSA) is 38.3 Å². The maximum atomic E-state index is 11.4. The summed E-state index contributed by atoms with van der Waals surface area (Å²) < 4.78 is 4.98. The molecule has 2 aliphatic carbocycles. The van der Waals surface area contributed by atoms with Gasteiger partial charge in [-0.3, -0.25) is 4.79 Å². The van der Waals surface area contributed by atoms with Gasteiger partial charge in [0, 0.05) is 6.04 Å². The molecule has 17 heavy (non-hydrogen) atoms. The van der Waals surface area contributed by atoms with Gasteiger partial charge in [-0.25, -0.2) is 0 Å². The van der Waals surface area contributed by atoms with E-state index in [0.717, 1.165) is 5.92 Å². The van der Waals surface area contributed by atoms with E-state index in [2.05, 4.69) is 26.1 Å². The van der Waals surface area contributed by atoms with E-state index in [1.54, 1.807) is 0 Å². The van der Waals surface area contributed by atoms with Gasteiger partial charge in [-0.2, -0.15) is 0 Å². The van der Waals surface area contributed by atoms with E-state index in [0.29, 0.717) is 30.0 Å². The number of rotatable bonds is 4. The van der Waals surface area contributed by atoms with E-state index < -0.39 is 0 Å². The van der Waals surface area contributed by atoms with Crippen LogP contribution >= 0.6 is 0 Å². The lowest BCUT2D eigenvalue weighted by molar-refractivity contribution is -0.142. The van der Waals surface area contributed by atoms with Crippen LogP contribution in [0.5, 0.6) is 0 Å². The van der Waals surface area contributed by atoms with Crippen molar-refractivity contribution >= 4 is 5.97 Å². The molecule has 0 radical (unpaired) electrons. The van der Waals surface area contributed by atoms with Gasteiger partial charge in [0.1, 0.15) is 0 Å². The number of carbonyl (C=O) groups excluding carboxylic acids is 1. The summed E-state index contributed by atoms with van der Waals surface area (Å²) in [5.74, 6) is 0.682. The molecule has 0 heterocycles. The quantitative estimate of drug-likeness (QED) is 0.765. The highest BCUT2D eigenvalue weighted by Gasteiger charge is 2.58. The number of esters is 1. The van der Waals surface area contributed by atoms with Crippen LogP contribution in [0, 0.1) is 16.7 Å². The summed E-state index contributed by atoms with van der Waals surface area (Å²) in [4.78, 5) is 11.4. The molecule has 2 bridgehead atoms. The second-order valence-corrected chi connectivity index (χ2v) is 6.53. The summed E-state index contributed by atoms with van der Waals surface area (Å²) >= 11 is 0. The van der Waals surface area contributed by atoms with Crippen molar-refractivity contribution in [1.29, 1.82) is 0 Å². The first-order valence-corrected chi connectivity index (χ1v) is 6.79. The van der Waals surface area contributed by atoms with Crippen LogP contribution in [0.4, 0.5) is 0 Å². The second kappa shape index (κ2) is 4.27. The molecule has 1 N–H and O–H groups in total. The number of ether oxygens (including phenoxy) is 1. The Morgan fingerprint density at radius 3 is 2.65 bits per heavy atom. The van der Waals surface area contributed by atoms with E-state index >= 15 is 0 Å². The number of fused-ring (bicyclic) bond motifs is 2. The molecule has 0 aromatic heterocycles. The summed E-state index contributed by atoms with van der Waals surface area (Å²) in [5.41, 5.74) is 0.681. The lowest BCUT2D eigenvalue weighted by Crippen LogP contribution is -2.51. The van der Waals surface area contributed by atoms with Gasteiger partial charge >= 0.3 is 5.97 Å². The number of nitrogens with one attached hydrogen (secondary N) is 1. The average Bonchev–Trinajstić information content (AvgIpc) is 2.69. The van der Waals surface area contributed by atoms with Gasteiger partial charge in [0.05, 0.1) is 13.2 Å². The third-order valence-electron chi connectivity index (χ3n) is 5.03. The summed E-state index contributed by atoms with van der Waals surface area (Å²) in [6, 6.07) is 0.443. The van der Waals surface area contributed by atoms with E-state index in [1.807, 2.05) is 6.92 Å². The summed E-state index contributed by atoms with van der Waals surface area (Å²) in [6.45, 7) is 9.71. The van der Waals surface area contributed by atoms with Gasteiger partial charge in [-0.1, -0.05) is 20.8 Å². The molecule has 2 rings (SSSR count). The van der Waals surface area contributed by atoms with Crippen LogP contribution in [0.15, 0.2) is 0 Å². The molecular weight excluding hydrogens is 214 g/mol. The largest absolute Gasteiger partial charge is 0.465 e. The number of hydrogen-bond donors (Lipinski definition) is 1. The molecule has 3 unspecified atom stereocenters. The first-order valence-electron chi connectivity index (χ1n) is 6.79. The molecule has 2 fully saturated rings. The summed E-state index contributed by atoms with van der Waals surface area (Å²) in [7, 11) is 0. The molecule has 0 aliphatic heterocycles. The highest BCUT2D eigenvalue weighted by atomic mass is 16.5. The minimum Gasteiger partial charge on any atom is -0.465 e. The predicted octanol–water partition coefficient (Wildman–Crippen LogP) is 2.35. The molecule has 98 valence electrons. The predicted molar refractivity (Wildman–Crippen MR) is 67.7 cm³/mol. The molecule has 3 nitrogen and oxygen atoms in total. The first kappa shape index (κ1) is 12.9. The molecule has 0 amide bonds. The molecule has 3 heteroatoms. The normalized spacial score (nSPS) is 38.4. The number of carbonyl (C=O) groups is 1. The third-order valence-corrected chi connectivity index (χ3v) is 5.03. The van der Waals surface area contributed by atoms with Crippen LogP contribution in [-0.2, 0) is 9.53 Å². The summed E-state index contributed by atoms with van der Waals surface area (Å²) in [5, 5.41) is 3.45. The third kappa shape index (κ3) is 2.10. The Morgan fingerprint density at radius 1 is 1.41 bits per heavy atom. The van der Waals surface area contributed by atoms with Crippen LogP contribution in [0.1, 0.15) is 47.0 Å². The Labute approximate surface area is 104 Å². The van der Waals surface area contributed by atoms with Crippen LogP contribution < -0.4 is 5.32 Å². The Hall–Kier alpha value is -0.570. The standard InChI is InChI=1S/C14H25NO2/c1-5-17-11(16)9-15-12-13(2,3)10-6-7-14(12,4)8-10/h10,12,15H,5-9H2,1-4H3.